The summed E-state index contributed by atoms with van der Waals surface area (Å²) in [5.41, 5.74) is 0. The molecule has 0 heterocycles. The molecule has 10 heteroatoms. The monoisotopic (exact) mass is 783 g/mol. The number of unbranched alkanes of at least 4 members (excludes halogenated alkanes) is 16. The Kier molecular flexibility index (Phi) is 39.4. The Morgan fingerprint density at radius 1 is 0.593 bits per heavy atom. The van der Waals surface area contributed by atoms with Crippen molar-refractivity contribution >= 4 is 13.8 Å². The van der Waals surface area contributed by atoms with Crippen LogP contribution in [0, 0.1) is 0 Å². The first-order chi connectivity index (χ1) is 26.3. The summed E-state index contributed by atoms with van der Waals surface area (Å²) in [6.45, 7) is 3.36. The third-order valence-corrected chi connectivity index (χ3v) is 9.67. The maximum atomic E-state index is 12.6. The Morgan fingerprint density at radius 2 is 1.06 bits per heavy atom. The fourth-order valence-corrected chi connectivity index (χ4v) is 6.29. The highest BCUT2D eigenvalue weighted by Crippen LogP contribution is 2.43. The average Bonchev–Trinajstić information content (AvgIpc) is 3.16. The van der Waals surface area contributed by atoms with Gasteiger partial charge in [0.1, 0.15) is 12.2 Å². The van der Waals surface area contributed by atoms with Gasteiger partial charge in [0.25, 0.3) is 0 Å². The van der Waals surface area contributed by atoms with Gasteiger partial charge in [-0.3, -0.25) is 13.8 Å². The quantitative estimate of drug-likeness (QED) is 0.0240. The minimum atomic E-state index is -4.53. The zero-order valence-corrected chi connectivity index (χ0v) is 35.1. The highest BCUT2D eigenvalue weighted by molar-refractivity contribution is 7.47. The molecule has 0 saturated carbocycles. The van der Waals surface area contributed by atoms with Crippen molar-refractivity contribution in [3.63, 3.8) is 0 Å². The number of aliphatic hydroxyl groups is 2. The van der Waals surface area contributed by atoms with Crippen molar-refractivity contribution in [1.82, 2.24) is 0 Å². The Morgan fingerprint density at radius 3 is 1.57 bits per heavy atom. The molecule has 0 saturated heterocycles. The van der Waals surface area contributed by atoms with Crippen LogP contribution < -0.4 is 0 Å². The third-order valence-electron chi connectivity index (χ3n) is 8.72. The van der Waals surface area contributed by atoms with Gasteiger partial charge in [0.2, 0.25) is 0 Å². The van der Waals surface area contributed by atoms with Crippen LogP contribution in [-0.4, -0.2) is 66.3 Å². The van der Waals surface area contributed by atoms with E-state index in [9.17, 15) is 19.4 Å². The van der Waals surface area contributed by atoms with Crippen molar-refractivity contribution in [3.8, 4) is 0 Å². The smallest absolute Gasteiger partial charge is 0.457 e. The fraction of sp³-hybridized carbons (Fsp3) is 0.750. The molecule has 0 aliphatic heterocycles. The minimum absolute atomic E-state index is 0.0352. The first kappa shape index (κ1) is 52.2. The van der Waals surface area contributed by atoms with Crippen molar-refractivity contribution in [1.29, 1.82) is 0 Å². The average molecular weight is 783 g/mol. The van der Waals surface area contributed by atoms with Crippen molar-refractivity contribution in [2.45, 2.75) is 180 Å². The summed E-state index contributed by atoms with van der Waals surface area (Å²) < 4.78 is 33.3. The van der Waals surface area contributed by atoms with Crippen LogP contribution in [0.2, 0.25) is 0 Å². The van der Waals surface area contributed by atoms with Gasteiger partial charge in [-0.1, -0.05) is 164 Å². The topological polar surface area (TPSA) is 132 Å². The molecule has 0 aliphatic rings. The Hall–Kier alpha value is -1.84. The van der Waals surface area contributed by atoms with Gasteiger partial charge in [-0.25, -0.2) is 4.57 Å². The van der Waals surface area contributed by atoms with E-state index in [1.807, 2.05) is 0 Å². The van der Waals surface area contributed by atoms with Gasteiger partial charge in [0, 0.05) is 13.0 Å². The van der Waals surface area contributed by atoms with Crippen LogP contribution in [0.4, 0.5) is 0 Å². The van der Waals surface area contributed by atoms with Crippen LogP contribution in [0.3, 0.4) is 0 Å². The van der Waals surface area contributed by atoms with Crippen LogP contribution in [0.25, 0.3) is 0 Å². The molecule has 0 spiro atoms. The molecule has 0 aromatic heterocycles. The van der Waals surface area contributed by atoms with E-state index in [4.69, 9.17) is 23.6 Å². The lowest BCUT2D eigenvalue weighted by Crippen LogP contribution is -2.29. The summed E-state index contributed by atoms with van der Waals surface area (Å²) in [7, 11) is -4.53. The molecule has 3 unspecified atom stereocenters. The second-order valence-corrected chi connectivity index (χ2v) is 15.4. The number of phosphoric ester groups is 1. The minimum Gasteiger partial charge on any atom is -0.457 e. The van der Waals surface area contributed by atoms with Crippen molar-refractivity contribution < 1.29 is 43.0 Å². The molecule has 9 nitrogen and oxygen atoms in total. The van der Waals surface area contributed by atoms with Gasteiger partial charge in [-0.15, -0.1) is 0 Å². The Labute approximate surface area is 330 Å². The van der Waals surface area contributed by atoms with E-state index in [1.54, 1.807) is 0 Å². The van der Waals surface area contributed by atoms with Gasteiger partial charge < -0.3 is 24.6 Å². The Balaban J connectivity index is 4.26. The molecule has 0 aromatic rings. The molecule has 3 atom stereocenters. The highest BCUT2D eigenvalue weighted by Gasteiger charge is 2.26. The number of carbonyl (C=O) groups excluding carboxylic acids is 1. The van der Waals surface area contributed by atoms with Gasteiger partial charge in [0.05, 0.1) is 26.4 Å². The van der Waals surface area contributed by atoms with Gasteiger partial charge >= 0.3 is 13.8 Å². The maximum Gasteiger partial charge on any atom is 0.472 e. The predicted octanol–water partition coefficient (Wildman–Crippen LogP) is 11.6. The molecule has 0 aliphatic carbocycles. The van der Waals surface area contributed by atoms with E-state index < -0.39 is 45.8 Å². The molecule has 0 radical (unpaired) electrons. The molecule has 54 heavy (non-hydrogen) atoms. The SMILES string of the molecule is CC/C=C\C/C=C\C/C=C\C/C=C\C/C=C\CCCCCC(=O)OC(COCCCCCCCCCCCCCCCC)COP(=O)(O)OCC(O)CO. The molecule has 3 N–H and O–H groups in total. The molecule has 0 fully saturated rings. The first-order valence-electron chi connectivity index (χ1n) is 21.3. The van der Waals surface area contributed by atoms with E-state index in [0.29, 0.717) is 13.0 Å². The second-order valence-electron chi connectivity index (χ2n) is 14.0. The van der Waals surface area contributed by atoms with E-state index >= 15 is 0 Å². The van der Waals surface area contributed by atoms with Crippen LogP contribution in [0.5, 0.6) is 0 Å². The van der Waals surface area contributed by atoms with E-state index in [2.05, 4.69) is 74.6 Å². The highest BCUT2D eigenvalue weighted by atomic mass is 31.2. The molecular weight excluding hydrogens is 703 g/mol. The number of aliphatic hydroxyl groups excluding tert-OH is 2. The van der Waals surface area contributed by atoms with Gasteiger partial charge in [-0.2, -0.15) is 0 Å². The summed E-state index contributed by atoms with van der Waals surface area (Å²) in [6, 6.07) is 0. The normalized spacial score (nSPS) is 14.7. The molecule has 0 rings (SSSR count). The lowest BCUT2D eigenvalue weighted by molar-refractivity contribution is -0.154. The van der Waals surface area contributed by atoms with Gasteiger partial charge in [-0.05, 0) is 57.8 Å². The van der Waals surface area contributed by atoms with Crippen LogP contribution in [0.1, 0.15) is 168 Å². The summed E-state index contributed by atoms with van der Waals surface area (Å²) in [5.74, 6) is -0.414. The van der Waals surface area contributed by atoms with E-state index in [1.165, 1.54) is 70.6 Å². The number of ether oxygens (including phenoxy) is 2. The number of phosphoric acid groups is 1. The van der Waals surface area contributed by atoms with Crippen molar-refractivity contribution in [3.05, 3.63) is 60.8 Å². The maximum absolute atomic E-state index is 12.6. The number of rotatable bonds is 40. The standard InChI is InChI=1S/C44H79O9P/c1-3-5-7-9-11-13-15-17-19-20-21-22-23-24-26-28-30-32-34-36-44(47)53-43(41-52-54(48,49)51-39-42(46)38-45)40-50-37-35-33-31-29-27-25-18-16-14-12-10-8-6-4-2/h5,7,11,13,17,19,21-22,24,26,42-43,45-46H,3-4,6,8-10,12,14-16,18,20,23,25,27-41H2,1-2H3,(H,48,49)/b7-5-,13-11-,19-17-,22-21-,26-24-. The van der Waals surface area contributed by atoms with Gasteiger partial charge in [0.15, 0.2) is 0 Å². The summed E-state index contributed by atoms with van der Waals surface area (Å²) in [5, 5.41) is 18.3. The van der Waals surface area contributed by atoms with Crippen LogP contribution >= 0.6 is 7.82 Å². The third kappa shape index (κ3) is 39.8. The lowest BCUT2D eigenvalue weighted by atomic mass is 10.0. The van der Waals surface area contributed by atoms with Crippen LogP contribution in [0.15, 0.2) is 60.8 Å². The second kappa shape index (κ2) is 40.8. The molecule has 0 aromatic carbocycles. The zero-order chi connectivity index (χ0) is 39.6. The van der Waals surface area contributed by atoms with E-state index in [-0.39, 0.29) is 13.0 Å². The molecule has 0 amide bonds. The molecule has 0 bridgehead atoms. The fourth-order valence-electron chi connectivity index (χ4n) is 5.50. The first-order valence-corrected chi connectivity index (χ1v) is 22.8. The number of esters is 1. The number of hydrogen-bond acceptors (Lipinski definition) is 8. The summed E-state index contributed by atoms with van der Waals surface area (Å²) in [4.78, 5) is 22.6. The summed E-state index contributed by atoms with van der Waals surface area (Å²) >= 11 is 0. The largest absolute Gasteiger partial charge is 0.472 e. The van der Waals surface area contributed by atoms with Crippen LogP contribution in [-0.2, 0) is 27.9 Å². The number of carbonyl (C=O) groups is 1. The number of allylic oxidation sites excluding steroid dienone is 10. The zero-order valence-electron chi connectivity index (χ0n) is 34.2. The predicted molar refractivity (Wildman–Crippen MR) is 223 cm³/mol. The van der Waals surface area contributed by atoms with Crippen molar-refractivity contribution in [2.75, 3.05) is 33.0 Å². The number of hydrogen-bond donors (Lipinski definition) is 3. The molecule has 314 valence electrons. The van der Waals surface area contributed by atoms with E-state index in [0.717, 1.165) is 70.6 Å². The molecular formula is C44H79O9P. The summed E-state index contributed by atoms with van der Waals surface area (Å²) in [6.07, 6.45) is 46.0. The Bertz CT molecular complexity index is 1020. The lowest BCUT2D eigenvalue weighted by Gasteiger charge is -2.20. The van der Waals surface area contributed by atoms with Crippen molar-refractivity contribution in [2.24, 2.45) is 0 Å².